The Balaban J connectivity index is 1.99. The lowest BCUT2D eigenvalue weighted by Gasteiger charge is -2.36. The third-order valence-corrected chi connectivity index (χ3v) is 3.46. The van der Waals surface area contributed by atoms with Gasteiger partial charge in [0, 0.05) is 31.8 Å². The highest BCUT2D eigenvalue weighted by molar-refractivity contribution is 5.19. The molecule has 0 unspecified atom stereocenters. The number of aliphatic hydroxyl groups is 1. The van der Waals surface area contributed by atoms with Crippen LogP contribution in [-0.4, -0.2) is 47.8 Å². The summed E-state index contributed by atoms with van der Waals surface area (Å²) in [6.07, 6.45) is 4.12. The van der Waals surface area contributed by atoms with Gasteiger partial charge >= 0.3 is 0 Å². The number of pyridine rings is 1. The molecule has 0 bridgehead atoms. The zero-order valence-electron chi connectivity index (χ0n) is 10.5. The van der Waals surface area contributed by atoms with Gasteiger partial charge < -0.3 is 14.7 Å². The first kappa shape index (κ1) is 12.3. The highest BCUT2D eigenvalue weighted by Crippen LogP contribution is 2.25. The Labute approximate surface area is 102 Å². The van der Waals surface area contributed by atoms with Crippen LogP contribution in [0.15, 0.2) is 18.3 Å². The first-order valence-corrected chi connectivity index (χ1v) is 6.01. The Kier molecular flexibility index (Phi) is 3.64. The molecule has 0 aromatic carbocycles. The van der Waals surface area contributed by atoms with E-state index in [4.69, 9.17) is 4.74 Å². The second-order valence-electron chi connectivity index (χ2n) is 4.91. The standard InChI is InChI=1S/C13H20N2O2/c1-15-7-5-13(16,6-8-15)9-11-3-4-12(17-2)14-10-11/h3-4,10,16H,5-9H2,1-2H3. The molecule has 0 aliphatic carbocycles. The third kappa shape index (κ3) is 3.17. The Morgan fingerprint density at radius 3 is 2.65 bits per heavy atom. The molecular weight excluding hydrogens is 216 g/mol. The predicted octanol–water partition coefficient (Wildman–Crippen LogP) is 1.09. The van der Waals surface area contributed by atoms with Crippen LogP contribution in [-0.2, 0) is 6.42 Å². The van der Waals surface area contributed by atoms with Crippen molar-refractivity contribution in [3.8, 4) is 5.88 Å². The molecule has 0 saturated carbocycles. The van der Waals surface area contributed by atoms with Crippen LogP contribution in [0.4, 0.5) is 0 Å². The van der Waals surface area contributed by atoms with Crippen molar-refractivity contribution >= 4 is 0 Å². The minimum absolute atomic E-state index is 0.567. The van der Waals surface area contributed by atoms with Crippen molar-refractivity contribution in [2.24, 2.45) is 0 Å². The van der Waals surface area contributed by atoms with Crippen LogP contribution in [0.25, 0.3) is 0 Å². The molecule has 0 amide bonds. The maximum atomic E-state index is 10.5. The summed E-state index contributed by atoms with van der Waals surface area (Å²) in [4.78, 5) is 6.42. The van der Waals surface area contributed by atoms with E-state index >= 15 is 0 Å². The number of methoxy groups -OCH3 is 1. The smallest absolute Gasteiger partial charge is 0.212 e. The number of rotatable bonds is 3. The molecule has 1 aromatic heterocycles. The number of likely N-dealkylation sites (tertiary alicyclic amines) is 1. The zero-order chi connectivity index (χ0) is 12.3. The molecule has 1 aromatic rings. The zero-order valence-corrected chi connectivity index (χ0v) is 10.5. The highest BCUT2D eigenvalue weighted by atomic mass is 16.5. The van der Waals surface area contributed by atoms with Crippen LogP contribution in [0.1, 0.15) is 18.4 Å². The fraction of sp³-hybridized carbons (Fsp3) is 0.615. The first-order chi connectivity index (χ1) is 8.11. The Hall–Kier alpha value is -1.13. The number of aromatic nitrogens is 1. The highest BCUT2D eigenvalue weighted by Gasteiger charge is 2.31. The van der Waals surface area contributed by atoms with Gasteiger partial charge in [0.25, 0.3) is 0 Å². The minimum Gasteiger partial charge on any atom is -0.481 e. The van der Waals surface area contributed by atoms with Crippen molar-refractivity contribution in [3.63, 3.8) is 0 Å². The van der Waals surface area contributed by atoms with Crippen molar-refractivity contribution < 1.29 is 9.84 Å². The van der Waals surface area contributed by atoms with E-state index in [9.17, 15) is 5.11 Å². The molecule has 2 heterocycles. The van der Waals surface area contributed by atoms with Gasteiger partial charge in [0.15, 0.2) is 0 Å². The third-order valence-electron chi connectivity index (χ3n) is 3.46. The van der Waals surface area contributed by atoms with E-state index in [0.29, 0.717) is 12.3 Å². The monoisotopic (exact) mass is 236 g/mol. The molecule has 0 radical (unpaired) electrons. The van der Waals surface area contributed by atoms with Gasteiger partial charge in [-0.25, -0.2) is 4.98 Å². The van der Waals surface area contributed by atoms with Gasteiger partial charge in [-0.05, 0) is 25.5 Å². The number of hydrogen-bond donors (Lipinski definition) is 1. The summed E-state index contributed by atoms with van der Waals surface area (Å²) in [5.74, 6) is 0.615. The fourth-order valence-electron chi connectivity index (χ4n) is 2.23. The maximum Gasteiger partial charge on any atom is 0.212 e. The average molecular weight is 236 g/mol. The topological polar surface area (TPSA) is 45.6 Å². The SMILES string of the molecule is COc1ccc(CC2(O)CCN(C)CC2)cn1. The molecule has 1 N–H and O–H groups in total. The number of piperidine rings is 1. The summed E-state index contributed by atoms with van der Waals surface area (Å²) in [5.41, 5.74) is 0.501. The molecule has 17 heavy (non-hydrogen) atoms. The molecule has 4 nitrogen and oxygen atoms in total. The summed E-state index contributed by atoms with van der Waals surface area (Å²) in [6.45, 7) is 1.92. The largest absolute Gasteiger partial charge is 0.481 e. The number of nitrogens with zero attached hydrogens (tertiary/aromatic N) is 2. The van der Waals surface area contributed by atoms with Crippen molar-refractivity contribution in [1.29, 1.82) is 0 Å². The molecule has 1 aliphatic heterocycles. The average Bonchev–Trinajstić information content (AvgIpc) is 2.34. The summed E-state index contributed by atoms with van der Waals surface area (Å²) in [6, 6.07) is 3.82. The van der Waals surface area contributed by atoms with E-state index in [1.165, 1.54) is 0 Å². The second-order valence-corrected chi connectivity index (χ2v) is 4.91. The van der Waals surface area contributed by atoms with E-state index < -0.39 is 5.60 Å². The molecular formula is C13H20N2O2. The minimum atomic E-state index is -0.567. The van der Waals surface area contributed by atoms with Gasteiger partial charge in [-0.3, -0.25) is 0 Å². The van der Waals surface area contributed by atoms with Crippen molar-refractivity contribution in [1.82, 2.24) is 9.88 Å². The van der Waals surface area contributed by atoms with Gasteiger partial charge in [0.1, 0.15) is 0 Å². The summed E-state index contributed by atoms with van der Waals surface area (Å²) >= 11 is 0. The lowest BCUT2D eigenvalue weighted by Crippen LogP contribution is -2.44. The van der Waals surface area contributed by atoms with Crippen LogP contribution in [0.2, 0.25) is 0 Å². The normalized spacial score (nSPS) is 20.2. The molecule has 0 spiro atoms. The number of ether oxygens (including phenoxy) is 1. The van der Waals surface area contributed by atoms with E-state index in [-0.39, 0.29) is 0 Å². The van der Waals surface area contributed by atoms with Crippen molar-refractivity contribution in [2.75, 3.05) is 27.2 Å². The molecule has 1 aliphatic rings. The Bertz CT molecular complexity index is 356. The molecule has 0 atom stereocenters. The lowest BCUT2D eigenvalue weighted by molar-refractivity contribution is -0.0151. The van der Waals surface area contributed by atoms with Gasteiger partial charge in [0.2, 0.25) is 5.88 Å². The van der Waals surface area contributed by atoms with Gasteiger partial charge in [0.05, 0.1) is 12.7 Å². The van der Waals surface area contributed by atoms with E-state index in [2.05, 4.69) is 16.9 Å². The summed E-state index contributed by atoms with van der Waals surface area (Å²) in [5, 5.41) is 10.5. The molecule has 1 fully saturated rings. The van der Waals surface area contributed by atoms with Crippen molar-refractivity contribution in [2.45, 2.75) is 24.9 Å². The molecule has 4 heteroatoms. The van der Waals surface area contributed by atoms with Crippen LogP contribution in [0.3, 0.4) is 0 Å². The molecule has 2 rings (SSSR count). The van der Waals surface area contributed by atoms with E-state index in [1.54, 1.807) is 13.3 Å². The number of hydrogen-bond acceptors (Lipinski definition) is 4. The Morgan fingerprint density at radius 2 is 2.12 bits per heavy atom. The second kappa shape index (κ2) is 5.02. The van der Waals surface area contributed by atoms with E-state index in [0.717, 1.165) is 31.5 Å². The summed E-state index contributed by atoms with van der Waals surface area (Å²) < 4.78 is 5.02. The quantitative estimate of drug-likeness (QED) is 0.853. The van der Waals surface area contributed by atoms with Gasteiger partial charge in [-0.15, -0.1) is 0 Å². The van der Waals surface area contributed by atoms with Crippen LogP contribution in [0, 0.1) is 0 Å². The lowest BCUT2D eigenvalue weighted by atomic mass is 9.86. The van der Waals surface area contributed by atoms with Crippen molar-refractivity contribution in [3.05, 3.63) is 23.9 Å². The molecule has 1 saturated heterocycles. The Morgan fingerprint density at radius 1 is 1.41 bits per heavy atom. The van der Waals surface area contributed by atoms with Crippen LogP contribution < -0.4 is 4.74 Å². The first-order valence-electron chi connectivity index (χ1n) is 6.01. The van der Waals surface area contributed by atoms with Gasteiger partial charge in [-0.1, -0.05) is 6.07 Å². The maximum absolute atomic E-state index is 10.5. The fourth-order valence-corrected chi connectivity index (χ4v) is 2.23. The van der Waals surface area contributed by atoms with Crippen LogP contribution in [0.5, 0.6) is 5.88 Å². The van der Waals surface area contributed by atoms with E-state index in [1.807, 2.05) is 12.1 Å². The predicted molar refractivity (Wildman–Crippen MR) is 66.2 cm³/mol. The molecule has 94 valence electrons. The van der Waals surface area contributed by atoms with Crippen LogP contribution >= 0.6 is 0 Å². The summed E-state index contributed by atoms with van der Waals surface area (Å²) in [7, 11) is 3.70. The van der Waals surface area contributed by atoms with Gasteiger partial charge in [-0.2, -0.15) is 0 Å².